The number of ether oxygens (including phenoxy) is 1. The fraction of sp³-hybridized carbons (Fsp3) is 0.267. The number of amides is 1. The molecule has 23 heavy (non-hydrogen) atoms. The summed E-state index contributed by atoms with van der Waals surface area (Å²) in [4.78, 5) is 35.5. The van der Waals surface area contributed by atoms with E-state index < -0.39 is 17.8 Å². The van der Waals surface area contributed by atoms with E-state index in [1.54, 1.807) is 12.3 Å². The quantitative estimate of drug-likeness (QED) is 0.744. The van der Waals surface area contributed by atoms with Crippen LogP contribution in [0.1, 0.15) is 30.1 Å². The summed E-state index contributed by atoms with van der Waals surface area (Å²) in [5.74, 6) is -2.00. The van der Waals surface area contributed by atoms with E-state index in [1.165, 1.54) is 22.7 Å². The summed E-state index contributed by atoms with van der Waals surface area (Å²) in [6, 6.07) is 3.75. The van der Waals surface area contributed by atoms with E-state index in [1.807, 2.05) is 17.5 Å². The number of rotatable bonds is 7. The molecule has 6 nitrogen and oxygen atoms in total. The molecule has 0 atom stereocenters. The second-order valence-corrected chi connectivity index (χ2v) is 6.32. The molecule has 0 radical (unpaired) electrons. The van der Waals surface area contributed by atoms with Crippen molar-refractivity contribution in [3.8, 4) is 10.4 Å². The topological polar surface area (TPSA) is 92.7 Å². The number of aliphatic carboxylic acids is 1. The summed E-state index contributed by atoms with van der Waals surface area (Å²) in [5, 5.41) is 15.3. The van der Waals surface area contributed by atoms with Gasteiger partial charge in [0.2, 0.25) is 5.91 Å². The van der Waals surface area contributed by atoms with Gasteiger partial charge in [0.15, 0.2) is 0 Å². The molecule has 1 amide bonds. The third-order valence-electron chi connectivity index (χ3n) is 2.88. The van der Waals surface area contributed by atoms with Gasteiger partial charge in [-0.25, -0.2) is 4.79 Å². The van der Waals surface area contributed by atoms with Gasteiger partial charge >= 0.3 is 11.9 Å². The number of carbonyl (C=O) groups is 3. The van der Waals surface area contributed by atoms with Crippen molar-refractivity contribution >= 4 is 45.5 Å². The molecule has 0 saturated carbocycles. The lowest BCUT2D eigenvalue weighted by Crippen LogP contribution is -2.15. The van der Waals surface area contributed by atoms with Crippen molar-refractivity contribution < 1.29 is 24.2 Å². The van der Waals surface area contributed by atoms with E-state index in [0.717, 1.165) is 4.88 Å². The van der Waals surface area contributed by atoms with Crippen LogP contribution in [0, 0.1) is 0 Å². The lowest BCUT2D eigenvalue weighted by Gasteiger charge is -2.07. The minimum absolute atomic E-state index is 0.149. The third-order valence-corrected chi connectivity index (χ3v) is 4.67. The summed E-state index contributed by atoms with van der Waals surface area (Å²) in [6.45, 7) is 1.94. The predicted octanol–water partition coefficient (Wildman–Crippen LogP) is 3.46. The molecule has 2 aromatic rings. The van der Waals surface area contributed by atoms with Crippen LogP contribution in [0.4, 0.5) is 5.00 Å². The first-order valence-corrected chi connectivity index (χ1v) is 8.63. The largest absolute Gasteiger partial charge is 0.481 e. The van der Waals surface area contributed by atoms with Gasteiger partial charge in [-0.2, -0.15) is 0 Å². The first-order chi connectivity index (χ1) is 11.0. The molecule has 0 unspecified atom stereocenters. The zero-order chi connectivity index (χ0) is 16.8. The molecule has 0 aliphatic heterocycles. The van der Waals surface area contributed by atoms with E-state index in [-0.39, 0.29) is 19.4 Å². The van der Waals surface area contributed by atoms with E-state index >= 15 is 0 Å². The molecule has 0 saturated heterocycles. The van der Waals surface area contributed by atoms with Crippen LogP contribution in [0.3, 0.4) is 0 Å². The average Bonchev–Trinajstić information content (AvgIpc) is 3.14. The Kier molecular flexibility index (Phi) is 5.89. The predicted molar refractivity (Wildman–Crippen MR) is 89.1 cm³/mol. The number of hydrogen-bond acceptors (Lipinski definition) is 6. The maximum atomic E-state index is 12.2. The van der Waals surface area contributed by atoms with Crippen molar-refractivity contribution in [2.45, 2.75) is 19.8 Å². The summed E-state index contributed by atoms with van der Waals surface area (Å²) in [6.07, 6.45) is -0.409. The Morgan fingerprint density at radius 3 is 2.65 bits per heavy atom. The van der Waals surface area contributed by atoms with Crippen LogP contribution >= 0.6 is 22.7 Å². The SMILES string of the molecule is CCOC(=O)c1c(-c2cccs2)csc1NC(=O)CCC(=O)O. The first-order valence-electron chi connectivity index (χ1n) is 6.87. The Labute approximate surface area is 140 Å². The number of carboxylic acid groups (broad SMARTS) is 1. The maximum absolute atomic E-state index is 12.2. The lowest BCUT2D eigenvalue weighted by molar-refractivity contribution is -0.138. The average molecular weight is 353 g/mol. The molecule has 8 heteroatoms. The van der Waals surface area contributed by atoms with Gasteiger partial charge in [0.25, 0.3) is 0 Å². The number of nitrogens with one attached hydrogen (secondary N) is 1. The molecule has 2 heterocycles. The zero-order valence-electron chi connectivity index (χ0n) is 12.3. The lowest BCUT2D eigenvalue weighted by atomic mass is 10.1. The second kappa shape index (κ2) is 7.89. The van der Waals surface area contributed by atoms with Gasteiger partial charge in [-0.05, 0) is 18.4 Å². The van der Waals surface area contributed by atoms with Crippen LogP contribution in [0.2, 0.25) is 0 Å². The number of thiophene rings is 2. The van der Waals surface area contributed by atoms with Crippen molar-refractivity contribution in [1.82, 2.24) is 0 Å². The second-order valence-electron chi connectivity index (χ2n) is 4.49. The van der Waals surface area contributed by atoms with Gasteiger partial charge in [-0.15, -0.1) is 22.7 Å². The van der Waals surface area contributed by atoms with Crippen LogP contribution in [-0.4, -0.2) is 29.6 Å². The molecular formula is C15H15NO5S2. The molecule has 0 bridgehead atoms. The molecule has 0 fully saturated rings. The van der Waals surface area contributed by atoms with Crippen molar-refractivity contribution in [3.05, 3.63) is 28.5 Å². The highest BCUT2D eigenvalue weighted by Crippen LogP contribution is 2.38. The van der Waals surface area contributed by atoms with Crippen LogP contribution < -0.4 is 5.32 Å². The number of carbonyl (C=O) groups excluding carboxylic acids is 2. The zero-order valence-corrected chi connectivity index (χ0v) is 14.0. The van der Waals surface area contributed by atoms with Crippen LogP contribution in [0.5, 0.6) is 0 Å². The van der Waals surface area contributed by atoms with E-state index in [0.29, 0.717) is 16.1 Å². The Morgan fingerprint density at radius 1 is 1.26 bits per heavy atom. The standard InChI is InChI=1S/C15H15NO5S2/c1-2-21-15(20)13-9(10-4-3-7-22-10)8-23-14(13)16-11(17)5-6-12(18)19/h3-4,7-8H,2,5-6H2,1H3,(H,16,17)(H,18,19). The fourth-order valence-corrected chi connectivity index (χ4v) is 3.67. The van der Waals surface area contributed by atoms with Gasteiger partial charge in [0.05, 0.1) is 13.0 Å². The van der Waals surface area contributed by atoms with Crippen LogP contribution in [-0.2, 0) is 14.3 Å². The van der Waals surface area contributed by atoms with E-state index in [4.69, 9.17) is 9.84 Å². The highest BCUT2D eigenvalue weighted by Gasteiger charge is 2.23. The molecule has 2 aromatic heterocycles. The molecule has 2 N–H and O–H groups in total. The highest BCUT2D eigenvalue weighted by atomic mass is 32.1. The number of carboxylic acids is 1. The van der Waals surface area contributed by atoms with Gasteiger partial charge < -0.3 is 15.2 Å². The smallest absolute Gasteiger partial charge is 0.341 e. The normalized spacial score (nSPS) is 10.3. The molecule has 0 aliphatic carbocycles. The Hall–Kier alpha value is -2.19. The maximum Gasteiger partial charge on any atom is 0.341 e. The first kappa shape index (κ1) is 17.2. The van der Waals surface area contributed by atoms with Crippen molar-refractivity contribution in [3.63, 3.8) is 0 Å². The Morgan fingerprint density at radius 2 is 2.04 bits per heavy atom. The summed E-state index contributed by atoms with van der Waals surface area (Å²) in [7, 11) is 0. The molecule has 122 valence electrons. The number of anilines is 1. The van der Waals surface area contributed by atoms with Crippen molar-refractivity contribution in [1.29, 1.82) is 0 Å². The van der Waals surface area contributed by atoms with E-state index in [2.05, 4.69) is 5.32 Å². The van der Waals surface area contributed by atoms with Crippen molar-refractivity contribution in [2.24, 2.45) is 0 Å². The van der Waals surface area contributed by atoms with Gasteiger partial charge in [-0.1, -0.05) is 6.07 Å². The highest BCUT2D eigenvalue weighted by molar-refractivity contribution is 7.17. The van der Waals surface area contributed by atoms with Crippen molar-refractivity contribution in [2.75, 3.05) is 11.9 Å². The van der Waals surface area contributed by atoms with Gasteiger partial charge in [0, 0.05) is 22.2 Å². The summed E-state index contributed by atoms with van der Waals surface area (Å²) in [5.41, 5.74) is 1.01. The van der Waals surface area contributed by atoms with Gasteiger partial charge in [-0.3, -0.25) is 9.59 Å². The molecule has 2 rings (SSSR count). The molecule has 0 aromatic carbocycles. The summed E-state index contributed by atoms with van der Waals surface area (Å²) >= 11 is 2.70. The fourth-order valence-electron chi connectivity index (χ4n) is 1.88. The minimum Gasteiger partial charge on any atom is -0.481 e. The minimum atomic E-state index is -1.05. The number of esters is 1. The molecule has 0 spiro atoms. The molecular weight excluding hydrogens is 338 g/mol. The van der Waals surface area contributed by atoms with Crippen LogP contribution in [0.15, 0.2) is 22.9 Å². The molecule has 0 aliphatic rings. The van der Waals surface area contributed by atoms with Gasteiger partial charge in [0.1, 0.15) is 10.6 Å². The van der Waals surface area contributed by atoms with Crippen LogP contribution in [0.25, 0.3) is 10.4 Å². The number of hydrogen-bond donors (Lipinski definition) is 2. The monoisotopic (exact) mass is 353 g/mol. The van der Waals surface area contributed by atoms with E-state index in [9.17, 15) is 14.4 Å². The Balaban J connectivity index is 2.27. The third kappa shape index (κ3) is 4.40. The summed E-state index contributed by atoms with van der Waals surface area (Å²) < 4.78 is 5.07. The Bertz CT molecular complexity index is 706.